The van der Waals surface area contributed by atoms with Gasteiger partial charge in [0.1, 0.15) is 0 Å². The number of rotatable bonds is 9. The van der Waals surface area contributed by atoms with Crippen molar-refractivity contribution in [2.75, 3.05) is 11.5 Å². The molecule has 0 amide bonds. The molecule has 0 saturated heterocycles. The van der Waals surface area contributed by atoms with Gasteiger partial charge in [-0.15, -0.1) is 0 Å². The number of benzene rings is 1. The molecule has 1 aromatic carbocycles. The van der Waals surface area contributed by atoms with E-state index in [1.54, 1.807) is 0 Å². The standard InChI is InChI=1S/C35H52F4N2O/c1-21(2)7-6-8-22(3)27-13-14-28-26-11-9-23-19-25(15-17-32(23,4)29(26)16-18-33(27,28)5)42-35(38,39)34(36,37)30-12-10-24(40)20-31(30)41/h9-10,12,20-22,25-29H,6-8,11,13-19,40-41H2,1-5H3/t22-,25?,26?,27-,28?,29?,32+,33-/m1/s1. The summed E-state index contributed by atoms with van der Waals surface area (Å²) in [7, 11) is 0. The van der Waals surface area contributed by atoms with E-state index in [9.17, 15) is 0 Å². The molecule has 0 spiro atoms. The minimum atomic E-state index is -4.69. The molecule has 7 heteroatoms. The smallest absolute Gasteiger partial charge is 0.399 e. The van der Waals surface area contributed by atoms with Crippen molar-refractivity contribution in [1.82, 2.24) is 0 Å². The van der Waals surface area contributed by atoms with Crippen LogP contribution in [0.25, 0.3) is 0 Å². The third kappa shape index (κ3) is 5.38. The largest absolute Gasteiger partial charge is 0.424 e. The number of anilines is 2. The van der Waals surface area contributed by atoms with Crippen LogP contribution in [0.3, 0.4) is 0 Å². The second-order valence-electron chi connectivity index (χ2n) is 15.2. The first kappa shape index (κ1) is 31.7. The van der Waals surface area contributed by atoms with E-state index in [1.807, 2.05) is 0 Å². The number of hydrogen-bond acceptors (Lipinski definition) is 3. The van der Waals surface area contributed by atoms with Crippen molar-refractivity contribution in [2.24, 2.45) is 46.3 Å². The fourth-order valence-corrected chi connectivity index (χ4v) is 10.1. The SMILES string of the molecule is CC(C)CCC[C@@H](C)[C@H]1CCC2C3CC=C4CC(OC(F)(F)C(F)(F)c5ccc(N)cc5N)CC[C@]4(C)C3CC[C@@]21C. The number of alkyl halides is 4. The Hall–Kier alpha value is -1.76. The number of ether oxygens (including phenoxy) is 1. The van der Waals surface area contributed by atoms with Crippen molar-refractivity contribution >= 4 is 11.4 Å². The molecule has 0 radical (unpaired) electrons. The zero-order valence-electron chi connectivity index (χ0n) is 26.2. The van der Waals surface area contributed by atoms with Crippen LogP contribution in [-0.2, 0) is 10.7 Å². The number of hydrogen-bond donors (Lipinski definition) is 2. The van der Waals surface area contributed by atoms with Gasteiger partial charge in [0.15, 0.2) is 0 Å². The van der Waals surface area contributed by atoms with Gasteiger partial charge in [0, 0.05) is 11.4 Å². The van der Waals surface area contributed by atoms with Crippen LogP contribution in [0.5, 0.6) is 0 Å². The summed E-state index contributed by atoms with van der Waals surface area (Å²) < 4.78 is 65.2. The molecule has 42 heavy (non-hydrogen) atoms. The maximum Gasteiger partial charge on any atom is 0.424 e. The van der Waals surface area contributed by atoms with Crippen molar-refractivity contribution in [2.45, 2.75) is 123 Å². The predicted molar refractivity (Wildman–Crippen MR) is 162 cm³/mol. The number of nitrogen functional groups attached to an aromatic ring is 2. The summed E-state index contributed by atoms with van der Waals surface area (Å²) in [6, 6.07) is 3.09. The summed E-state index contributed by atoms with van der Waals surface area (Å²) in [5.74, 6) is -0.463. The van der Waals surface area contributed by atoms with Crippen LogP contribution in [0.1, 0.15) is 111 Å². The van der Waals surface area contributed by atoms with Gasteiger partial charge in [0.25, 0.3) is 0 Å². The van der Waals surface area contributed by atoms with E-state index >= 15 is 17.6 Å². The lowest BCUT2D eigenvalue weighted by atomic mass is 9.47. The molecule has 3 nitrogen and oxygen atoms in total. The molecule has 3 saturated carbocycles. The molecule has 4 N–H and O–H groups in total. The van der Waals surface area contributed by atoms with E-state index < -0.39 is 29.4 Å². The van der Waals surface area contributed by atoms with Gasteiger partial charge in [-0.2, -0.15) is 17.6 Å². The van der Waals surface area contributed by atoms with Gasteiger partial charge in [0.05, 0.1) is 11.7 Å². The zero-order valence-corrected chi connectivity index (χ0v) is 26.2. The highest BCUT2D eigenvalue weighted by atomic mass is 19.3. The van der Waals surface area contributed by atoms with Crippen molar-refractivity contribution in [3.63, 3.8) is 0 Å². The van der Waals surface area contributed by atoms with Gasteiger partial charge in [-0.3, -0.25) is 0 Å². The predicted octanol–water partition coefficient (Wildman–Crippen LogP) is 9.96. The Morgan fingerprint density at radius 2 is 1.69 bits per heavy atom. The molecule has 4 unspecified atom stereocenters. The fraction of sp³-hybridized carbons (Fsp3) is 0.771. The molecule has 0 aromatic heterocycles. The average molecular weight is 593 g/mol. The van der Waals surface area contributed by atoms with Gasteiger partial charge in [0.2, 0.25) is 0 Å². The molecule has 8 atom stereocenters. The number of nitrogens with two attached hydrogens (primary N) is 2. The van der Waals surface area contributed by atoms with Gasteiger partial charge in [-0.1, -0.05) is 65.5 Å². The first-order valence-electron chi connectivity index (χ1n) is 16.4. The van der Waals surface area contributed by atoms with Crippen LogP contribution in [0, 0.1) is 46.3 Å². The molecule has 4 aliphatic rings. The molecule has 0 heterocycles. The molecule has 4 aliphatic carbocycles. The van der Waals surface area contributed by atoms with E-state index in [4.69, 9.17) is 16.2 Å². The summed E-state index contributed by atoms with van der Waals surface area (Å²) in [4.78, 5) is 0. The second-order valence-corrected chi connectivity index (χ2v) is 15.2. The minimum Gasteiger partial charge on any atom is -0.399 e. The van der Waals surface area contributed by atoms with E-state index in [0.717, 1.165) is 54.4 Å². The number of halogens is 4. The van der Waals surface area contributed by atoms with Crippen molar-refractivity contribution in [3.05, 3.63) is 35.4 Å². The summed E-state index contributed by atoms with van der Waals surface area (Å²) in [6.45, 7) is 12.0. The van der Waals surface area contributed by atoms with Gasteiger partial charge < -0.3 is 16.2 Å². The van der Waals surface area contributed by atoms with Crippen LogP contribution >= 0.6 is 0 Å². The minimum absolute atomic E-state index is 0.0791. The first-order valence-corrected chi connectivity index (χ1v) is 16.4. The number of allylic oxidation sites excluding steroid dienone is 1. The molecule has 1 aromatic rings. The lowest BCUT2D eigenvalue weighted by molar-refractivity contribution is -0.369. The first-order chi connectivity index (χ1) is 19.6. The van der Waals surface area contributed by atoms with Gasteiger partial charge >= 0.3 is 12.0 Å². The highest BCUT2D eigenvalue weighted by Gasteiger charge is 2.63. The topological polar surface area (TPSA) is 61.3 Å². The Bertz CT molecular complexity index is 1170. The highest BCUT2D eigenvalue weighted by molar-refractivity contribution is 5.58. The summed E-state index contributed by atoms with van der Waals surface area (Å²) >= 11 is 0. The Morgan fingerprint density at radius 1 is 0.952 bits per heavy atom. The van der Waals surface area contributed by atoms with Crippen molar-refractivity contribution in [3.8, 4) is 0 Å². The van der Waals surface area contributed by atoms with Crippen LogP contribution < -0.4 is 11.5 Å². The number of fused-ring (bicyclic) bond motifs is 5. The maximum atomic E-state index is 15.1. The van der Waals surface area contributed by atoms with Crippen LogP contribution in [0.4, 0.5) is 28.9 Å². The summed E-state index contributed by atoms with van der Waals surface area (Å²) in [6.07, 6.45) is 7.83. The Morgan fingerprint density at radius 3 is 2.38 bits per heavy atom. The second kappa shape index (κ2) is 11.3. The monoisotopic (exact) mass is 592 g/mol. The summed E-state index contributed by atoms with van der Waals surface area (Å²) in [5.41, 5.74) is 11.4. The van der Waals surface area contributed by atoms with Crippen molar-refractivity contribution < 1.29 is 22.3 Å². The Labute approximate surface area is 250 Å². The van der Waals surface area contributed by atoms with Crippen LogP contribution in [0.15, 0.2) is 29.8 Å². The van der Waals surface area contributed by atoms with Gasteiger partial charge in [-0.05, 0) is 116 Å². The Kier molecular flexibility index (Phi) is 8.52. The highest BCUT2D eigenvalue weighted by Crippen LogP contribution is 2.67. The van der Waals surface area contributed by atoms with E-state index in [0.29, 0.717) is 36.0 Å². The van der Waals surface area contributed by atoms with E-state index in [2.05, 4.69) is 40.7 Å². The molecule has 0 aliphatic heterocycles. The third-order valence-corrected chi connectivity index (χ3v) is 12.4. The maximum absolute atomic E-state index is 15.1. The lowest BCUT2D eigenvalue weighted by Gasteiger charge is -2.58. The lowest BCUT2D eigenvalue weighted by Crippen LogP contribution is -2.51. The van der Waals surface area contributed by atoms with Crippen LogP contribution in [-0.4, -0.2) is 12.2 Å². The zero-order chi connectivity index (χ0) is 30.7. The van der Waals surface area contributed by atoms with Gasteiger partial charge in [-0.25, -0.2) is 0 Å². The normalized spacial score (nSPS) is 35.8. The van der Waals surface area contributed by atoms with E-state index in [1.165, 1.54) is 38.5 Å². The fourth-order valence-electron chi connectivity index (χ4n) is 10.1. The molecule has 236 valence electrons. The summed E-state index contributed by atoms with van der Waals surface area (Å²) in [5, 5.41) is 0. The molecular weight excluding hydrogens is 540 g/mol. The molecular formula is C35H52F4N2O. The quantitative estimate of drug-likeness (QED) is 0.170. The molecule has 0 bridgehead atoms. The third-order valence-electron chi connectivity index (χ3n) is 12.4. The molecule has 5 rings (SSSR count). The Balaban J connectivity index is 1.27. The van der Waals surface area contributed by atoms with E-state index in [-0.39, 0.29) is 17.5 Å². The van der Waals surface area contributed by atoms with Crippen LogP contribution in [0.2, 0.25) is 0 Å². The molecule has 3 fully saturated rings. The average Bonchev–Trinajstić information content (AvgIpc) is 3.25. The van der Waals surface area contributed by atoms with Crippen molar-refractivity contribution in [1.29, 1.82) is 0 Å².